The molecule has 0 saturated heterocycles. The maximum atomic E-state index is 12.9. The van der Waals surface area contributed by atoms with E-state index in [-0.39, 0.29) is 12.5 Å². The SMILES string of the molecule is COc1cc2c(cc1OC)CN(CCc1ccc(-n3cc(COc4ccccc4NC(=O)c4ccccc4OC)nn3)cc1)CC2. The first-order valence-corrected chi connectivity index (χ1v) is 15.2. The summed E-state index contributed by atoms with van der Waals surface area (Å²) in [5, 5.41) is 11.5. The number of nitrogens with one attached hydrogen (secondary N) is 1. The number of hydrogen-bond acceptors (Lipinski definition) is 8. The van der Waals surface area contributed by atoms with Crippen molar-refractivity contribution in [3.05, 3.63) is 119 Å². The van der Waals surface area contributed by atoms with Crippen LogP contribution in [0.2, 0.25) is 0 Å². The summed E-state index contributed by atoms with van der Waals surface area (Å²) in [5.74, 6) is 2.31. The Morgan fingerprint density at radius 1 is 0.826 bits per heavy atom. The summed E-state index contributed by atoms with van der Waals surface area (Å²) in [4.78, 5) is 15.4. The highest BCUT2D eigenvalue weighted by atomic mass is 16.5. The number of methoxy groups -OCH3 is 3. The van der Waals surface area contributed by atoms with Crippen LogP contribution in [0.15, 0.2) is 91.1 Å². The van der Waals surface area contributed by atoms with E-state index in [1.807, 2.05) is 24.4 Å². The molecule has 6 rings (SSSR count). The maximum absolute atomic E-state index is 12.9. The van der Waals surface area contributed by atoms with Gasteiger partial charge in [0.15, 0.2) is 11.5 Å². The summed E-state index contributed by atoms with van der Waals surface area (Å²) in [7, 11) is 4.89. The summed E-state index contributed by atoms with van der Waals surface area (Å²) in [6.07, 6.45) is 3.79. The lowest BCUT2D eigenvalue weighted by Crippen LogP contribution is -2.32. The standard InChI is InChI=1S/C36H37N5O5/c1-43-32-10-6-4-8-30(32)36(42)37-31-9-5-7-11-33(31)46-24-28-23-41(39-38-28)29-14-12-25(13-15-29)16-18-40-19-17-26-20-34(44-2)35(45-3)21-27(26)22-40/h4-15,20-21,23H,16-19,22,24H2,1-3H3,(H,37,42). The van der Waals surface area contributed by atoms with Crippen LogP contribution < -0.4 is 24.3 Å². The number of aromatic nitrogens is 3. The summed E-state index contributed by atoms with van der Waals surface area (Å²) in [6, 6.07) is 27.0. The minimum Gasteiger partial charge on any atom is -0.496 e. The second-order valence-corrected chi connectivity index (χ2v) is 11.0. The number of nitrogens with zero attached hydrogens (tertiary/aromatic N) is 4. The molecule has 0 spiro atoms. The first kappa shape index (κ1) is 30.7. The molecule has 0 saturated carbocycles. The Kier molecular flexibility index (Phi) is 9.45. The summed E-state index contributed by atoms with van der Waals surface area (Å²) >= 11 is 0. The van der Waals surface area contributed by atoms with Gasteiger partial charge in [-0.2, -0.15) is 0 Å². The minimum absolute atomic E-state index is 0.192. The third-order valence-electron chi connectivity index (χ3n) is 8.12. The summed E-state index contributed by atoms with van der Waals surface area (Å²) in [6.45, 7) is 3.08. The van der Waals surface area contributed by atoms with Crippen LogP contribution in [0.25, 0.3) is 5.69 Å². The predicted octanol–water partition coefficient (Wildman–Crippen LogP) is 5.73. The van der Waals surface area contributed by atoms with Crippen LogP contribution in [0, 0.1) is 0 Å². The van der Waals surface area contributed by atoms with Crippen molar-refractivity contribution in [3.63, 3.8) is 0 Å². The van der Waals surface area contributed by atoms with Gasteiger partial charge in [0.05, 0.1) is 44.5 Å². The van der Waals surface area contributed by atoms with E-state index in [1.54, 1.807) is 49.2 Å². The number of fused-ring (bicyclic) bond motifs is 1. The molecule has 1 aliphatic heterocycles. The molecular formula is C36H37N5O5. The Labute approximate surface area is 268 Å². The van der Waals surface area contributed by atoms with E-state index in [2.05, 4.69) is 56.9 Å². The number of anilines is 1. The smallest absolute Gasteiger partial charge is 0.259 e. The zero-order chi connectivity index (χ0) is 31.9. The molecule has 0 unspecified atom stereocenters. The lowest BCUT2D eigenvalue weighted by atomic mass is 9.98. The second kappa shape index (κ2) is 14.2. The molecule has 5 aromatic rings. The highest BCUT2D eigenvalue weighted by molar-refractivity contribution is 6.06. The van der Waals surface area contributed by atoms with Gasteiger partial charge in [-0.05, 0) is 78.1 Å². The quantitative estimate of drug-likeness (QED) is 0.189. The topological polar surface area (TPSA) is 100.0 Å². The molecule has 0 bridgehead atoms. The highest BCUT2D eigenvalue weighted by Gasteiger charge is 2.19. The highest BCUT2D eigenvalue weighted by Crippen LogP contribution is 2.33. The van der Waals surface area contributed by atoms with Gasteiger partial charge in [-0.25, -0.2) is 4.68 Å². The van der Waals surface area contributed by atoms with Crippen LogP contribution in [0.1, 0.15) is 32.7 Å². The Morgan fingerprint density at radius 3 is 2.28 bits per heavy atom. The van der Waals surface area contributed by atoms with E-state index in [0.717, 1.165) is 49.7 Å². The first-order chi connectivity index (χ1) is 22.5. The third kappa shape index (κ3) is 6.97. The van der Waals surface area contributed by atoms with Crippen LogP contribution in [0.4, 0.5) is 5.69 Å². The molecule has 1 aliphatic rings. The van der Waals surface area contributed by atoms with Crippen molar-refractivity contribution < 1.29 is 23.7 Å². The molecule has 0 aliphatic carbocycles. The zero-order valence-corrected chi connectivity index (χ0v) is 26.2. The fraction of sp³-hybridized carbons (Fsp3) is 0.250. The number of hydrogen-bond donors (Lipinski definition) is 1. The van der Waals surface area contributed by atoms with E-state index in [1.165, 1.54) is 23.8 Å². The van der Waals surface area contributed by atoms with Crippen molar-refractivity contribution in [1.29, 1.82) is 0 Å². The number of benzene rings is 4. The molecule has 236 valence electrons. The number of amides is 1. The van der Waals surface area contributed by atoms with Crippen LogP contribution in [0.5, 0.6) is 23.0 Å². The summed E-state index contributed by atoms with van der Waals surface area (Å²) in [5.41, 5.74) is 6.46. The first-order valence-electron chi connectivity index (χ1n) is 15.2. The molecule has 1 aromatic heterocycles. The average molecular weight is 620 g/mol. The lowest BCUT2D eigenvalue weighted by molar-refractivity contribution is 0.102. The van der Waals surface area contributed by atoms with Crippen molar-refractivity contribution in [3.8, 4) is 28.7 Å². The number of rotatable bonds is 12. The monoisotopic (exact) mass is 619 g/mol. The van der Waals surface area contributed by atoms with Gasteiger partial charge in [0, 0.05) is 19.6 Å². The Bertz CT molecular complexity index is 1800. The second-order valence-electron chi connectivity index (χ2n) is 11.0. The van der Waals surface area contributed by atoms with Crippen molar-refractivity contribution in [2.45, 2.75) is 26.0 Å². The van der Waals surface area contributed by atoms with Crippen molar-refractivity contribution in [1.82, 2.24) is 19.9 Å². The Hall–Kier alpha value is -5.35. The number of carbonyl (C=O) groups excluding carboxylic acids is 1. The molecule has 1 N–H and O–H groups in total. The fourth-order valence-electron chi connectivity index (χ4n) is 5.60. The average Bonchev–Trinajstić information content (AvgIpc) is 3.59. The normalized spacial score (nSPS) is 12.7. The molecule has 4 aromatic carbocycles. The lowest BCUT2D eigenvalue weighted by Gasteiger charge is -2.29. The van der Waals surface area contributed by atoms with E-state index >= 15 is 0 Å². The third-order valence-corrected chi connectivity index (χ3v) is 8.12. The molecule has 0 radical (unpaired) electrons. The predicted molar refractivity (Wildman–Crippen MR) is 175 cm³/mol. The van der Waals surface area contributed by atoms with Crippen molar-refractivity contribution >= 4 is 11.6 Å². The van der Waals surface area contributed by atoms with Gasteiger partial charge in [-0.1, -0.05) is 41.6 Å². The minimum atomic E-state index is -0.286. The van der Waals surface area contributed by atoms with Crippen LogP contribution in [-0.2, 0) is 26.0 Å². The summed E-state index contributed by atoms with van der Waals surface area (Å²) < 4.78 is 24.1. The Balaban J connectivity index is 1.03. The number of ether oxygens (including phenoxy) is 4. The maximum Gasteiger partial charge on any atom is 0.259 e. The van der Waals surface area contributed by atoms with Gasteiger partial charge in [0.2, 0.25) is 0 Å². The van der Waals surface area contributed by atoms with Gasteiger partial charge in [-0.15, -0.1) is 5.10 Å². The van der Waals surface area contributed by atoms with Crippen molar-refractivity contribution in [2.24, 2.45) is 0 Å². The Morgan fingerprint density at radius 2 is 1.52 bits per heavy atom. The fourth-order valence-corrected chi connectivity index (χ4v) is 5.60. The van der Waals surface area contributed by atoms with Gasteiger partial charge < -0.3 is 24.3 Å². The molecule has 10 nitrogen and oxygen atoms in total. The van der Waals surface area contributed by atoms with Gasteiger partial charge in [-0.3, -0.25) is 9.69 Å². The number of para-hydroxylation sites is 3. The largest absolute Gasteiger partial charge is 0.496 e. The van der Waals surface area contributed by atoms with Crippen molar-refractivity contribution in [2.75, 3.05) is 39.7 Å². The van der Waals surface area contributed by atoms with Crippen LogP contribution >= 0.6 is 0 Å². The van der Waals surface area contributed by atoms with Crippen LogP contribution in [0.3, 0.4) is 0 Å². The molecule has 46 heavy (non-hydrogen) atoms. The van der Waals surface area contributed by atoms with E-state index in [0.29, 0.717) is 28.4 Å². The molecular weight excluding hydrogens is 582 g/mol. The van der Waals surface area contributed by atoms with Gasteiger partial charge in [0.1, 0.15) is 23.8 Å². The molecule has 0 fully saturated rings. The molecule has 0 atom stereocenters. The zero-order valence-electron chi connectivity index (χ0n) is 26.2. The number of carbonyl (C=O) groups is 1. The van der Waals surface area contributed by atoms with E-state index in [9.17, 15) is 4.79 Å². The molecule has 1 amide bonds. The molecule has 10 heteroatoms. The molecule has 2 heterocycles. The van der Waals surface area contributed by atoms with Gasteiger partial charge >= 0.3 is 0 Å². The van der Waals surface area contributed by atoms with Crippen LogP contribution in [-0.4, -0.2) is 60.2 Å². The van der Waals surface area contributed by atoms with E-state index in [4.69, 9.17) is 18.9 Å². The van der Waals surface area contributed by atoms with Gasteiger partial charge in [0.25, 0.3) is 5.91 Å². The van der Waals surface area contributed by atoms with E-state index < -0.39 is 0 Å².